The number of hydrogen-bond donors (Lipinski definition) is 1. The molecule has 0 spiro atoms. The highest BCUT2D eigenvalue weighted by Gasteiger charge is 2.33. The van der Waals surface area contributed by atoms with Gasteiger partial charge in [0.15, 0.2) is 0 Å². The van der Waals surface area contributed by atoms with Gasteiger partial charge in [-0.3, -0.25) is 9.69 Å². The van der Waals surface area contributed by atoms with Crippen LogP contribution in [0.1, 0.15) is 45.9 Å². The summed E-state index contributed by atoms with van der Waals surface area (Å²) >= 11 is 0. The maximum Gasteiger partial charge on any atom is 0.406 e. The second kappa shape index (κ2) is 7.13. The molecule has 2 heterocycles. The number of piperidine rings is 1. The van der Waals surface area contributed by atoms with Gasteiger partial charge in [0.25, 0.3) is 0 Å². The average molecular weight is 346 g/mol. The first-order valence-electron chi connectivity index (χ1n) is 8.18. The number of likely N-dealkylation sites (tertiary alicyclic amines) is 1. The average Bonchev–Trinajstić information content (AvgIpc) is 2.82. The Kier molecular flexibility index (Phi) is 5.57. The normalized spacial score (nSPS) is 20.2. The van der Waals surface area contributed by atoms with Gasteiger partial charge in [-0.05, 0) is 40.2 Å². The Hall–Kier alpha value is -1.57. The van der Waals surface area contributed by atoms with Gasteiger partial charge in [-0.25, -0.2) is 4.98 Å². The van der Waals surface area contributed by atoms with Crippen molar-refractivity contribution in [3.05, 3.63) is 18.2 Å². The lowest BCUT2D eigenvalue weighted by atomic mass is 9.99. The van der Waals surface area contributed by atoms with Crippen molar-refractivity contribution in [1.82, 2.24) is 19.8 Å². The lowest BCUT2D eigenvalue weighted by Gasteiger charge is -2.36. The Balaban J connectivity index is 2.09. The van der Waals surface area contributed by atoms with Crippen LogP contribution in [0.3, 0.4) is 0 Å². The molecule has 1 saturated heterocycles. The van der Waals surface area contributed by atoms with E-state index >= 15 is 0 Å². The summed E-state index contributed by atoms with van der Waals surface area (Å²) in [6.07, 6.45) is 0.990. The number of amides is 1. The maximum absolute atomic E-state index is 12.6. The van der Waals surface area contributed by atoms with Crippen molar-refractivity contribution >= 4 is 5.91 Å². The van der Waals surface area contributed by atoms with E-state index in [9.17, 15) is 18.0 Å². The number of rotatable bonds is 4. The molecule has 1 aromatic heterocycles. The first kappa shape index (κ1) is 18.8. The van der Waals surface area contributed by atoms with Crippen molar-refractivity contribution in [1.29, 1.82) is 0 Å². The summed E-state index contributed by atoms with van der Waals surface area (Å²) in [7, 11) is 0. The van der Waals surface area contributed by atoms with Crippen LogP contribution in [0.4, 0.5) is 13.2 Å². The van der Waals surface area contributed by atoms with Crippen LogP contribution in [0, 0.1) is 0 Å². The monoisotopic (exact) mass is 346 g/mol. The number of imidazole rings is 1. The molecular weight excluding hydrogens is 321 g/mol. The van der Waals surface area contributed by atoms with Crippen LogP contribution in [0.25, 0.3) is 0 Å². The summed E-state index contributed by atoms with van der Waals surface area (Å²) in [5, 5.41) is 2.96. The molecule has 0 bridgehead atoms. The Morgan fingerprint density at radius 3 is 2.67 bits per heavy atom. The Bertz CT molecular complexity index is 562. The zero-order chi connectivity index (χ0) is 18.0. The van der Waals surface area contributed by atoms with Crippen LogP contribution in [0.2, 0.25) is 0 Å². The van der Waals surface area contributed by atoms with Crippen LogP contribution in [-0.4, -0.2) is 44.7 Å². The molecule has 1 aliphatic rings. The van der Waals surface area contributed by atoms with Crippen LogP contribution in [0.5, 0.6) is 0 Å². The van der Waals surface area contributed by atoms with Crippen LogP contribution >= 0.6 is 0 Å². The standard InChI is InChI=1S/C16H25F3N4O/c1-15(2,3)21-14(24)12-6-4-5-8-22(12)10-13-20-7-9-23(13)11-16(17,18)19/h7,9,12H,4-6,8,10-11H2,1-3H3,(H,21,24). The number of carbonyl (C=O) groups is 1. The van der Waals surface area contributed by atoms with Gasteiger partial charge in [-0.2, -0.15) is 13.2 Å². The van der Waals surface area contributed by atoms with Crippen molar-refractivity contribution in [2.24, 2.45) is 0 Å². The van der Waals surface area contributed by atoms with E-state index in [2.05, 4.69) is 10.3 Å². The first-order valence-corrected chi connectivity index (χ1v) is 8.18. The molecule has 1 N–H and O–H groups in total. The maximum atomic E-state index is 12.6. The largest absolute Gasteiger partial charge is 0.406 e. The molecule has 0 radical (unpaired) electrons. The fourth-order valence-corrected chi connectivity index (χ4v) is 2.94. The molecule has 0 saturated carbocycles. The van der Waals surface area contributed by atoms with Crippen molar-refractivity contribution in [3.63, 3.8) is 0 Å². The van der Waals surface area contributed by atoms with Crippen molar-refractivity contribution < 1.29 is 18.0 Å². The molecule has 1 unspecified atom stereocenters. The summed E-state index contributed by atoms with van der Waals surface area (Å²) in [6.45, 7) is 5.60. The third-order valence-corrected chi connectivity index (χ3v) is 3.91. The van der Waals surface area contributed by atoms with Crippen molar-refractivity contribution in [3.8, 4) is 0 Å². The van der Waals surface area contributed by atoms with Gasteiger partial charge in [-0.1, -0.05) is 6.42 Å². The minimum atomic E-state index is -4.29. The van der Waals surface area contributed by atoms with Gasteiger partial charge in [0, 0.05) is 17.9 Å². The quantitative estimate of drug-likeness (QED) is 0.912. The fraction of sp³-hybridized carbons (Fsp3) is 0.750. The molecule has 24 heavy (non-hydrogen) atoms. The summed E-state index contributed by atoms with van der Waals surface area (Å²) in [5.74, 6) is 0.263. The summed E-state index contributed by atoms with van der Waals surface area (Å²) < 4.78 is 39.0. The molecule has 0 aliphatic carbocycles. The molecule has 8 heteroatoms. The van der Waals surface area contributed by atoms with Gasteiger partial charge in [0.2, 0.25) is 5.91 Å². The number of halogens is 3. The van der Waals surface area contributed by atoms with E-state index in [-0.39, 0.29) is 24.0 Å². The molecule has 1 aromatic rings. The lowest BCUT2D eigenvalue weighted by molar-refractivity contribution is -0.141. The second-order valence-corrected chi connectivity index (χ2v) is 7.31. The van der Waals surface area contributed by atoms with Gasteiger partial charge < -0.3 is 9.88 Å². The topological polar surface area (TPSA) is 50.2 Å². The Morgan fingerprint density at radius 1 is 1.33 bits per heavy atom. The highest BCUT2D eigenvalue weighted by molar-refractivity contribution is 5.82. The smallest absolute Gasteiger partial charge is 0.350 e. The van der Waals surface area contributed by atoms with Crippen LogP contribution in [0.15, 0.2) is 12.4 Å². The number of nitrogens with zero attached hydrogens (tertiary/aromatic N) is 3. The van der Waals surface area contributed by atoms with Gasteiger partial charge >= 0.3 is 6.18 Å². The van der Waals surface area contributed by atoms with E-state index in [1.165, 1.54) is 12.4 Å². The number of aromatic nitrogens is 2. The molecule has 1 atom stereocenters. The van der Waals surface area contributed by atoms with E-state index in [0.29, 0.717) is 18.8 Å². The third kappa shape index (κ3) is 5.51. The molecule has 1 amide bonds. The van der Waals surface area contributed by atoms with Crippen LogP contribution in [-0.2, 0) is 17.9 Å². The number of nitrogens with one attached hydrogen (secondary N) is 1. The predicted octanol–water partition coefficient (Wildman–Crippen LogP) is 2.71. The summed E-state index contributed by atoms with van der Waals surface area (Å²) in [6, 6.07) is -0.325. The zero-order valence-corrected chi connectivity index (χ0v) is 14.4. The third-order valence-electron chi connectivity index (χ3n) is 3.91. The molecule has 0 aromatic carbocycles. The highest BCUT2D eigenvalue weighted by atomic mass is 19.4. The summed E-state index contributed by atoms with van der Waals surface area (Å²) in [5.41, 5.74) is -0.338. The van der Waals surface area contributed by atoms with Gasteiger partial charge in [0.05, 0.1) is 12.6 Å². The minimum absolute atomic E-state index is 0.0730. The number of carbonyl (C=O) groups excluding carboxylic acids is 1. The second-order valence-electron chi connectivity index (χ2n) is 7.31. The molecule has 136 valence electrons. The van der Waals surface area contributed by atoms with Gasteiger partial charge in [-0.15, -0.1) is 0 Å². The first-order chi connectivity index (χ1) is 11.1. The highest BCUT2D eigenvalue weighted by Crippen LogP contribution is 2.22. The minimum Gasteiger partial charge on any atom is -0.350 e. The molecule has 1 aliphatic heterocycles. The number of alkyl halides is 3. The molecule has 5 nitrogen and oxygen atoms in total. The van der Waals surface area contributed by atoms with E-state index in [1.807, 2.05) is 25.7 Å². The SMILES string of the molecule is CC(C)(C)NC(=O)C1CCCCN1Cc1nccn1CC(F)(F)F. The van der Waals surface area contributed by atoms with Crippen LogP contribution < -0.4 is 5.32 Å². The van der Waals surface area contributed by atoms with E-state index in [1.54, 1.807) is 0 Å². The number of hydrogen-bond acceptors (Lipinski definition) is 3. The Morgan fingerprint density at radius 2 is 2.04 bits per heavy atom. The van der Waals surface area contributed by atoms with Crippen molar-refractivity contribution in [2.75, 3.05) is 6.54 Å². The lowest BCUT2D eigenvalue weighted by Crippen LogP contribution is -2.53. The summed E-state index contributed by atoms with van der Waals surface area (Å²) in [4.78, 5) is 18.5. The molecular formula is C16H25F3N4O. The van der Waals surface area contributed by atoms with Gasteiger partial charge in [0.1, 0.15) is 12.4 Å². The zero-order valence-electron chi connectivity index (χ0n) is 14.4. The van der Waals surface area contributed by atoms with E-state index in [0.717, 1.165) is 17.4 Å². The Labute approximate surface area is 140 Å². The van der Waals surface area contributed by atoms with Crippen molar-refractivity contribution in [2.45, 2.75) is 70.9 Å². The fourth-order valence-electron chi connectivity index (χ4n) is 2.94. The molecule has 1 fully saturated rings. The predicted molar refractivity (Wildman–Crippen MR) is 84.2 cm³/mol. The van der Waals surface area contributed by atoms with E-state index in [4.69, 9.17) is 0 Å². The molecule has 2 rings (SSSR count). The van der Waals surface area contributed by atoms with E-state index < -0.39 is 12.7 Å².